The normalized spacial score (nSPS) is 12.2. The van der Waals surface area contributed by atoms with Crippen molar-refractivity contribution in [3.63, 3.8) is 0 Å². The molecule has 19 heavy (non-hydrogen) atoms. The zero-order chi connectivity index (χ0) is 13.7. The molecule has 0 saturated heterocycles. The summed E-state index contributed by atoms with van der Waals surface area (Å²) in [4.78, 5) is 0. The highest BCUT2D eigenvalue weighted by Gasteiger charge is 2.06. The summed E-state index contributed by atoms with van der Waals surface area (Å²) < 4.78 is 5.24. The fourth-order valence-electron chi connectivity index (χ4n) is 1.95. The monoisotopic (exact) mass is 275 g/mol. The summed E-state index contributed by atoms with van der Waals surface area (Å²) in [5.74, 6) is 0.883. The highest BCUT2D eigenvalue weighted by molar-refractivity contribution is 6.30. The van der Waals surface area contributed by atoms with E-state index < -0.39 is 0 Å². The Kier molecular flexibility index (Phi) is 4.83. The predicted octanol–water partition coefficient (Wildman–Crippen LogP) is 4.20. The van der Waals surface area contributed by atoms with Gasteiger partial charge in [-0.05, 0) is 42.3 Å². The second-order valence-electron chi connectivity index (χ2n) is 4.51. The minimum absolute atomic E-state index is 0.258. The third-order valence-corrected chi connectivity index (χ3v) is 3.33. The number of hydrogen-bond acceptors (Lipinski definition) is 2. The average molecular weight is 276 g/mol. The highest BCUT2D eigenvalue weighted by Crippen LogP contribution is 2.19. The zero-order valence-electron chi connectivity index (χ0n) is 11.2. The number of benzene rings is 2. The lowest BCUT2D eigenvalue weighted by Crippen LogP contribution is -2.18. The predicted molar refractivity (Wildman–Crippen MR) is 79.7 cm³/mol. The lowest BCUT2D eigenvalue weighted by atomic mass is 10.1. The van der Waals surface area contributed by atoms with E-state index in [-0.39, 0.29) is 6.04 Å². The minimum Gasteiger partial charge on any atom is -0.497 e. The summed E-state index contributed by atoms with van der Waals surface area (Å²) in [6, 6.07) is 16.3. The number of methoxy groups -OCH3 is 1. The fraction of sp³-hybridized carbons (Fsp3) is 0.250. The lowest BCUT2D eigenvalue weighted by Gasteiger charge is -2.15. The van der Waals surface area contributed by atoms with E-state index in [0.717, 1.165) is 17.3 Å². The molecule has 0 aliphatic rings. The number of halogens is 1. The smallest absolute Gasteiger partial charge is 0.119 e. The molecule has 0 bridgehead atoms. The molecule has 2 rings (SSSR count). The molecular formula is C16H18ClNO. The van der Waals surface area contributed by atoms with Gasteiger partial charge in [-0.15, -0.1) is 0 Å². The quantitative estimate of drug-likeness (QED) is 0.883. The van der Waals surface area contributed by atoms with Gasteiger partial charge in [0.15, 0.2) is 0 Å². The topological polar surface area (TPSA) is 21.3 Å². The van der Waals surface area contributed by atoms with E-state index in [4.69, 9.17) is 16.3 Å². The van der Waals surface area contributed by atoms with E-state index >= 15 is 0 Å². The molecule has 0 aromatic heterocycles. The first kappa shape index (κ1) is 13.9. The van der Waals surface area contributed by atoms with Gasteiger partial charge in [0.05, 0.1) is 7.11 Å². The molecular weight excluding hydrogens is 258 g/mol. The van der Waals surface area contributed by atoms with Crippen LogP contribution >= 0.6 is 11.6 Å². The van der Waals surface area contributed by atoms with E-state index in [2.05, 4.69) is 30.4 Å². The Labute approximate surface area is 119 Å². The van der Waals surface area contributed by atoms with E-state index in [9.17, 15) is 0 Å². The molecule has 0 spiro atoms. The van der Waals surface area contributed by atoms with Crippen molar-refractivity contribution < 1.29 is 4.74 Å². The van der Waals surface area contributed by atoms with Crippen LogP contribution in [0.15, 0.2) is 48.5 Å². The van der Waals surface area contributed by atoms with Crippen molar-refractivity contribution in [1.29, 1.82) is 0 Å². The zero-order valence-corrected chi connectivity index (χ0v) is 11.9. The number of rotatable bonds is 5. The molecule has 2 aromatic carbocycles. The van der Waals surface area contributed by atoms with Crippen molar-refractivity contribution in [2.75, 3.05) is 7.11 Å². The maximum Gasteiger partial charge on any atom is 0.119 e. The summed E-state index contributed by atoms with van der Waals surface area (Å²) in [5.41, 5.74) is 2.39. The van der Waals surface area contributed by atoms with Gasteiger partial charge >= 0.3 is 0 Å². The Morgan fingerprint density at radius 3 is 2.68 bits per heavy atom. The van der Waals surface area contributed by atoms with Gasteiger partial charge in [-0.3, -0.25) is 0 Å². The fourth-order valence-corrected chi connectivity index (χ4v) is 2.16. The molecule has 1 N–H and O–H groups in total. The van der Waals surface area contributed by atoms with Gasteiger partial charge in [0.25, 0.3) is 0 Å². The summed E-state index contributed by atoms with van der Waals surface area (Å²) in [7, 11) is 1.68. The number of nitrogens with one attached hydrogen (secondary N) is 1. The molecule has 0 amide bonds. The second-order valence-corrected chi connectivity index (χ2v) is 4.95. The van der Waals surface area contributed by atoms with Crippen LogP contribution in [0.3, 0.4) is 0 Å². The molecule has 0 fully saturated rings. The largest absolute Gasteiger partial charge is 0.497 e. The highest BCUT2D eigenvalue weighted by atomic mass is 35.5. The van der Waals surface area contributed by atoms with Crippen LogP contribution in [0.1, 0.15) is 24.1 Å². The molecule has 0 aliphatic heterocycles. The van der Waals surface area contributed by atoms with E-state index in [0.29, 0.717) is 0 Å². The third-order valence-electron chi connectivity index (χ3n) is 3.10. The van der Waals surface area contributed by atoms with E-state index in [1.54, 1.807) is 7.11 Å². The summed E-state index contributed by atoms with van der Waals surface area (Å²) in [5, 5.41) is 4.25. The molecule has 2 nitrogen and oxygen atoms in total. The maximum atomic E-state index is 5.97. The average Bonchev–Trinajstić information content (AvgIpc) is 2.45. The van der Waals surface area contributed by atoms with Crippen molar-refractivity contribution in [2.45, 2.75) is 19.5 Å². The molecule has 0 radical (unpaired) electrons. The maximum absolute atomic E-state index is 5.97. The molecule has 0 unspecified atom stereocenters. The number of hydrogen-bond donors (Lipinski definition) is 1. The van der Waals surface area contributed by atoms with Gasteiger partial charge in [0, 0.05) is 17.6 Å². The number of ether oxygens (including phenoxy) is 1. The second kappa shape index (κ2) is 6.60. The van der Waals surface area contributed by atoms with Crippen molar-refractivity contribution in [2.24, 2.45) is 0 Å². The van der Waals surface area contributed by atoms with Gasteiger partial charge in [-0.2, -0.15) is 0 Å². The third kappa shape index (κ3) is 3.98. The molecule has 1 atom stereocenters. The van der Waals surface area contributed by atoms with Gasteiger partial charge in [-0.1, -0.05) is 35.9 Å². The van der Waals surface area contributed by atoms with Gasteiger partial charge in [0.1, 0.15) is 5.75 Å². The first-order valence-corrected chi connectivity index (χ1v) is 6.68. The Balaban J connectivity index is 1.99. The molecule has 0 heterocycles. The van der Waals surface area contributed by atoms with Crippen LogP contribution in [0.5, 0.6) is 5.75 Å². The minimum atomic E-state index is 0.258. The standard InChI is InChI=1S/C16H18ClNO/c1-12(14-6-4-8-16(10-14)19-2)18-11-13-5-3-7-15(17)9-13/h3-10,12,18H,11H2,1-2H3/t12-/m0/s1. The lowest BCUT2D eigenvalue weighted by molar-refractivity contribution is 0.413. The van der Waals surface area contributed by atoms with Crippen LogP contribution in [0.25, 0.3) is 0 Å². The molecule has 0 aliphatic carbocycles. The first-order chi connectivity index (χ1) is 9.19. The molecule has 100 valence electrons. The van der Waals surface area contributed by atoms with Crippen molar-refractivity contribution in [3.8, 4) is 5.75 Å². The Bertz CT molecular complexity index is 542. The molecule has 3 heteroatoms. The SMILES string of the molecule is COc1cccc([C@H](C)NCc2cccc(Cl)c2)c1. The summed E-state index contributed by atoms with van der Waals surface area (Å²) in [6.45, 7) is 2.93. The van der Waals surface area contributed by atoms with E-state index in [1.165, 1.54) is 11.1 Å². The van der Waals surface area contributed by atoms with Gasteiger partial charge in [0.2, 0.25) is 0 Å². The van der Waals surface area contributed by atoms with Crippen LogP contribution in [0, 0.1) is 0 Å². The Morgan fingerprint density at radius 1 is 1.16 bits per heavy atom. The van der Waals surface area contributed by atoms with E-state index in [1.807, 2.05) is 30.3 Å². The molecule has 2 aromatic rings. The Morgan fingerprint density at radius 2 is 1.95 bits per heavy atom. The van der Waals surface area contributed by atoms with Crippen molar-refractivity contribution >= 4 is 11.6 Å². The van der Waals surface area contributed by atoms with Gasteiger partial charge in [-0.25, -0.2) is 0 Å². The summed E-state index contributed by atoms with van der Waals surface area (Å²) >= 11 is 5.97. The first-order valence-electron chi connectivity index (χ1n) is 6.31. The Hall–Kier alpha value is -1.51. The van der Waals surface area contributed by atoms with Crippen molar-refractivity contribution in [1.82, 2.24) is 5.32 Å². The van der Waals surface area contributed by atoms with Crippen LogP contribution < -0.4 is 10.1 Å². The van der Waals surface area contributed by atoms with Crippen LogP contribution in [-0.2, 0) is 6.54 Å². The van der Waals surface area contributed by atoms with Crippen LogP contribution in [-0.4, -0.2) is 7.11 Å². The van der Waals surface area contributed by atoms with Gasteiger partial charge < -0.3 is 10.1 Å². The van der Waals surface area contributed by atoms with Crippen LogP contribution in [0.4, 0.5) is 0 Å². The summed E-state index contributed by atoms with van der Waals surface area (Å²) in [6.07, 6.45) is 0. The van der Waals surface area contributed by atoms with Crippen LogP contribution in [0.2, 0.25) is 5.02 Å². The molecule has 0 saturated carbocycles. The van der Waals surface area contributed by atoms with Crippen molar-refractivity contribution in [3.05, 3.63) is 64.7 Å².